The number of ketones is 1. The van der Waals surface area contributed by atoms with E-state index in [0.29, 0.717) is 0 Å². The van der Waals surface area contributed by atoms with Crippen LogP contribution in [0.2, 0.25) is 0 Å². The minimum Gasteiger partial charge on any atom is -0.322 e. The molecule has 0 aromatic rings. The molecule has 0 rings (SSSR count). The Morgan fingerprint density at radius 1 is 1.56 bits per heavy atom. The third-order valence-corrected chi connectivity index (χ3v) is 0.962. The second-order valence-corrected chi connectivity index (χ2v) is 1.63. The van der Waals surface area contributed by atoms with Crippen LogP contribution in [0.3, 0.4) is 0 Å². The molecule has 0 spiro atoms. The van der Waals surface area contributed by atoms with Crippen LogP contribution in [0.5, 0.6) is 0 Å². The molecule has 0 fully saturated rings. The zero-order valence-electron chi connectivity index (χ0n) is 4.77. The summed E-state index contributed by atoms with van der Waals surface area (Å²) in [4.78, 5) is 10.2. The topological polar surface area (TPSA) is 43.1 Å². The second-order valence-electron chi connectivity index (χ2n) is 1.63. The van der Waals surface area contributed by atoms with Crippen molar-refractivity contribution in [3.05, 3.63) is 0 Å². The van der Waals surface area contributed by atoms with E-state index in [-0.39, 0.29) is 26.7 Å². The molecule has 58 valence electrons. The van der Waals surface area contributed by atoms with Crippen LogP contribution in [0.25, 0.3) is 0 Å². The first-order valence-electron chi connectivity index (χ1n) is 2.44. The Bertz CT molecular complexity index is 71.3. The Hall–Kier alpha value is -0.370. The number of rotatable bonds is 2. The van der Waals surface area contributed by atoms with Gasteiger partial charge in [0, 0.05) is 0 Å². The van der Waals surface area contributed by atoms with Gasteiger partial charge in [-0.15, -0.1) is 0 Å². The highest BCUT2D eigenvalue weighted by molar-refractivity contribution is 5.80. The lowest BCUT2D eigenvalue weighted by molar-refractivity contribution is -0.118. The largest absolute Gasteiger partial charge is 0.322 e. The third-order valence-electron chi connectivity index (χ3n) is 0.962. The number of hydrogen-bond donors (Lipinski definition) is 1. The number of carbonyl (C=O) groups excluding carboxylic acids is 1. The van der Waals surface area contributed by atoms with E-state index in [4.69, 9.17) is 5.73 Å². The summed E-state index contributed by atoms with van der Waals surface area (Å²) in [5, 5.41) is 0. The van der Waals surface area contributed by atoms with E-state index in [1.165, 1.54) is 6.92 Å². The van der Waals surface area contributed by atoms with E-state index in [0.717, 1.165) is 6.42 Å². The zero-order valence-corrected chi connectivity index (χ0v) is 4.77. The SMILES string of the molecule is C.C.CCC(N)C(C)=O. The average molecular weight is 133 g/mol. The van der Waals surface area contributed by atoms with Crippen molar-refractivity contribution >= 4 is 5.78 Å². The summed E-state index contributed by atoms with van der Waals surface area (Å²) < 4.78 is 0. The van der Waals surface area contributed by atoms with Crippen molar-refractivity contribution in [2.24, 2.45) is 5.73 Å². The maximum absolute atomic E-state index is 10.2. The van der Waals surface area contributed by atoms with E-state index in [1.807, 2.05) is 6.92 Å². The lowest BCUT2D eigenvalue weighted by atomic mass is 10.2. The van der Waals surface area contributed by atoms with Crippen LogP contribution in [-0.4, -0.2) is 11.8 Å². The first-order chi connectivity index (χ1) is 3.18. The molecule has 2 heteroatoms. The van der Waals surface area contributed by atoms with E-state index in [1.54, 1.807) is 0 Å². The van der Waals surface area contributed by atoms with Gasteiger partial charge in [-0.3, -0.25) is 4.79 Å². The molecule has 1 atom stereocenters. The summed E-state index contributed by atoms with van der Waals surface area (Å²) in [7, 11) is 0. The highest BCUT2D eigenvalue weighted by Crippen LogP contribution is 1.84. The van der Waals surface area contributed by atoms with Gasteiger partial charge in [-0.25, -0.2) is 0 Å². The molecule has 0 bridgehead atoms. The van der Waals surface area contributed by atoms with E-state index in [9.17, 15) is 4.79 Å². The van der Waals surface area contributed by atoms with Gasteiger partial charge in [0.05, 0.1) is 6.04 Å². The maximum Gasteiger partial charge on any atom is 0.146 e. The lowest BCUT2D eigenvalue weighted by Crippen LogP contribution is -2.26. The summed E-state index contributed by atoms with van der Waals surface area (Å²) in [6, 6.07) is -0.236. The second kappa shape index (κ2) is 7.63. The van der Waals surface area contributed by atoms with Crippen LogP contribution in [-0.2, 0) is 4.79 Å². The van der Waals surface area contributed by atoms with Crippen molar-refractivity contribution in [3.63, 3.8) is 0 Å². The van der Waals surface area contributed by atoms with E-state index >= 15 is 0 Å². The molecule has 0 heterocycles. The third kappa shape index (κ3) is 7.63. The number of carbonyl (C=O) groups is 1. The van der Waals surface area contributed by atoms with Crippen molar-refractivity contribution in [3.8, 4) is 0 Å². The van der Waals surface area contributed by atoms with Gasteiger partial charge in [-0.1, -0.05) is 21.8 Å². The van der Waals surface area contributed by atoms with E-state index < -0.39 is 0 Å². The lowest BCUT2D eigenvalue weighted by Gasteiger charge is -1.99. The highest BCUT2D eigenvalue weighted by Gasteiger charge is 2.01. The molecule has 0 aliphatic heterocycles. The van der Waals surface area contributed by atoms with Crippen molar-refractivity contribution in [1.29, 1.82) is 0 Å². The molecular weight excluding hydrogens is 114 g/mol. The standard InChI is InChI=1S/C5H11NO.2CH4/c1-3-5(6)4(2)7;;/h5H,3,6H2,1-2H3;2*1H4. The van der Waals surface area contributed by atoms with Crippen LogP contribution in [0.1, 0.15) is 35.1 Å². The molecule has 0 aromatic carbocycles. The van der Waals surface area contributed by atoms with Crippen LogP contribution in [0.4, 0.5) is 0 Å². The predicted octanol–water partition coefficient (Wildman–Crippen LogP) is 1.58. The Kier molecular flexibility index (Phi) is 13.4. The Labute approximate surface area is 58.4 Å². The Balaban J connectivity index is -0.000000180. The number of hydrogen-bond acceptors (Lipinski definition) is 2. The van der Waals surface area contributed by atoms with Crippen molar-refractivity contribution < 1.29 is 4.79 Å². The first kappa shape index (κ1) is 15.9. The molecule has 0 aromatic heterocycles. The Morgan fingerprint density at radius 2 is 1.89 bits per heavy atom. The van der Waals surface area contributed by atoms with Gasteiger partial charge in [0.2, 0.25) is 0 Å². The minimum absolute atomic E-state index is 0. The molecule has 0 radical (unpaired) electrons. The molecule has 0 amide bonds. The Morgan fingerprint density at radius 3 is 1.89 bits per heavy atom. The normalized spacial score (nSPS) is 10.6. The molecule has 0 aliphatic carbocycles. The molecular formula is C7H19NO. The predicted molar refractivity (Wildman–Crippen MR) is 42.4 cm³/mol. The quantitative estimate of drug-likeness (QED) is 0.621. The number of Topliss-reactive ketones (excluding diaryl/α,β-unsaturated/α-hetero) is 1. The highest BCUT2D eigenvalue weighted by atomic mass is 16.1. The van der Waals surface area contributed by atoms with Crippen molar-refractivity contribution in [2.75, 3.05) is 0 Å². The fraction of sp³-hybridized carbons (Fsp3) is 0.857. The molecule has 0 saturated carbocycles. The van der Waals surface area contributed by atoms with Crippen molar-refractivity contribution in [2.45, 2.75) is 41.2 Å². The minimum atomic E-state index is -0.236. The average Bonchev–Trinajstić information content (AvgIpc) is 1.65. The molecule has 2 N–H and O–H groups in total. The summed E-state index contributed by atoms with van der Waals surface area (Å²) >= 11 is 0. The monoisotopic (exact) mass is 133 g/mol. The van der Waals surface area contributed by atoms with Gasteiger partial charge in [-0.2, -0.15) is 0 Å². The zero-order chi connectivity index (χ0) is 5.86. The fourth-order valence-corrected chi connectivity index (χ4v) is 0.287. The summed E-state index contributed by atoms with van der Waals surface area (Å²) in [6.45, 7) is 3.40. The molecule has 9 heavy (non-hydrogen) atoms. The molecule has 0 saturated heterocycles. The summed E-state index contributed by atoms with van der Waals surface area (Å²) in [5.74, 6) is 0.0718. The molecule has 1 unspecified atom stereocenters. The van der Waals surface area contributed by atoms with Gasteiger partial charge in [0.25, 0.3) is 0 Å². The molecule has 0 aliphatic rings. The van der Waals surface area contributed by atoms with Gasteiger partial charge in [0.15, 0.2) is 0 Å². The van der Waals surface area contributed by atoms with Crippen molar-refractivity contribution in [1.82, 2.24) is 0 Å². The fourth-order valence-electron chi connectivity index (χ4n) is 0.287. The number of nitrogens with two attached hydrogens (primary N) is 1. The summed E-state index contributed by atoms with van der Waals surface area (Å²) in [5.41, 5.74) is 5.27. The van der Waals surface area contributed by atoms with E-state index in [2.05, 4.69) is 0 Å². The first-order valence-corrected chi connectivity index (χ1v) is 2.44. The van der Waals surface area contributed by atoms with Gasteiger partial charge < -0.3 is 5.73 Å². The van der Waals surface area contributed by atoms with Gasteiger partial charge in [0.1, 0.15) is 5.78 Å². The maximum atomic E-state index is 10.2. The van der Waals surface area contributed by atoms with Gasteiger partial charge >= 0.3 is 0 Å². The summed E-state index contributed by atoms with van der Waals surface area (Å²) in [6.07, 6.45) is 0.745. The molecule has 2 nitrogen and oxygen atoms in total. The van der Waals surface area contributed by atoms with Gasteiger partial charge in [-0.05, 0) is 13.3 Å². The van der Waals surface area contributed by atoms with Crippen LogP contribution < -0.4 is 5.73 Å². The van der Waals surface area contributed by atoms with Crippen LogP contribution in [0.15, 0.2) is 0 Å². The van der Waals surface area contributed by atoms with Crippen LogP contribution in [0, 0.1) is 0 Å². The smallest absolute Gasteiger partial charge is 0.146 e. The van der Waals surface area contributed by atoms with Crippen LogP contribution >= 0.6 is 0 Å².